The molecule has 1 atom stereocenters. The summed E-state index contributed by atoms with van der Waals surface area (Å²) in [5.74, 6) is -1.71. The second kappa shape index (κ2) is 3.84. The SMILES string of the molecule is CC(=O)[15NH]C(CO)C(=O)O. The van der Waals surface area contributed by atoms with Gasteiger partial charge in [0, 0.05) is 6.92 Å². The largest absolute Gasteiger partial charge is 0.480 e. The van der Waals surface area contributed by atoms with Crippen molar-refractivity contribution in [1.29, 1.82) is 0 Å². The third-order valence-electron chi connectivity index (χ3n) is 0.858. The van der Waals surface area contributed by atoms with Gasteiger partial charge < -0.3 is 15.5 Å². The average molecular weight is 148 g/mol. The van der Waals surface area contributed by atoms with Crippen LogP contribution >= 0.6 is 0 Å². The number of carboxylic acid groups (broad SMARTS) is 1. The van der Waals surface area contributed by atoms with E-state index < -0.39 is 24.5 Å². The summed E-state index contributed by atoms with van der Waals surface area (Å²) in [6.45, 7) is 0.598. The molecular formula is C5H9NO4. The Morgan fingerprint density at radius 2 is 2.10 bits per heavy atom. The van der Waals surface area contributed by atoms with Gasteiger partial charge in [0.15, 0.2) is 0 Å². The van der Waals surface area contributed by atoms with Crippen LogP contribution < -0.4 is 5.32 Å². The van der Waals surface area contributed by atoms with Crippen LogP contribution in [0.15, 0.2) is 0 Å². The van der Waals surface area contributed by atoms with Crippen LogP contribution in [0.1, 0.15) is 6.92 Å². The molecule has 0 saturated carbocycles. The summed E-state index contributed by atoms with van der Waals surface area (Å²) in [5, 5.41) is 18.6. The molecule has 0 heterocycles. The van der Waals surface area contributed by atoms with E-state index in [2.05, 4.69) is 0 Å². The summed E-state index contributed by atoms with van der Waals surface area (Å²) in [7, 11) is 0. The average Bonchev–Trinajstić information content (AvgIpc) is 1.81. The molecule has 0 saturated heterocycles. The second-order valence-corrected chi connectivity index (χ2v) is 1.77. The monoisotopic (exact) mass is 148 g/mol. The van der Waals surface area contributed by atoms with E-state index in [-0.39, 0.29) is 0 Å². The molecule has 0 bridgehead atoms. The normalized spacial score (nSPS) is 12.2. The first-order valence-electron chi connectivity index (χ1n) is 2.68. The van der Waals surface area contributed by atoms with Gasteiger partial charge in [0.1, 0.15) is 6.04 Å². The van der Waals surface area contributed by atoms with E-state index in [0.717, 1.165) is 0 Å². The van der Waals surface area contributed by atoms with E-state index in [1.807, 2.05) is 5.32 Å². The molecule has 3 N–H and O–H groups in total. The second-order valence-electron chi connectivity index (χ2n) is 1.77. The molecule has 5 nitrogen and oxygen atoms in total. The molecule has 0 aromatic rings. The predicted molar refractivity (Wildman–Crippen MR) is 32.3 cm³/mol. The highest BCUT2D eigenvalue weighted by Gasteiger charge is 2.15. The molecule has 0 aromatic heterocycles. The maximum atomic E-state index is 10.2. The van der Waals surface area contributed by atoms with Crippen molar-refractivity contribution in [1.82, 2.24) is 5.32 Å². The van der Waals surface area contributed by atoms with E-state index in [4.69, 9.17) is 10.2 Å². The Hall–Kier alpha value is -1.10. The Kier molecular flexibility index (Phi) is 3.42. The summed E-state index contributed by atoms with van der Waals surface area (Å²) in [6, 6.07) is -1.18. The van der Waals surface area contributed by atoms with Gasteiger partial charge in [-0.05, 0) is 0 Å². The first-order valence-corrected chi connectivity index (χ1v) is 2.68. The minimum Gasteiger partial charge on any atom is -0.480 e. The Bertz CT molecular complexity index is 145. The summed E-state index contributed by atoms with van der Waals surface area (Å²) >= 11 is 0. The lowest BCUT2D eigenvalue weighted by Gasteiger charge is -2.08. The highest BCUT2D eigenvalue weighted by Crippen LogP contribution is 1.80. The summed E-state index contributed by atoms with van der Waals surface area (Å²) < 4.78 is 0. The molecule has 0 radical (unpaired) electrons. The lowest BCUT2D eigenvalue weighted by atomic mass is 10.3. The van der Waals surface area contributed by atoms with Crippen LogP contribution in [-0.4, -0.2) is 34.7 Å². The van der Waals surface area contributed by atoms with Gasteiger partial charge in [-0.15, -0.1) is 0 Å². The standard InChI is InChI=1S/C5H9NO4/c1-3(8)6-4(2-7)5(9)10/h4,7H,2H2,1H3,(H,6,8)(H,9,10)/i6+1. The fourth-order valence-corrected chi connectivity index (χ4v) is 0.431. The summed E-state index contributed by atoms with van der Waals surface area (Å²) in [5.41, 5.74) is 0. The quantitative estimate of drug-likeness (QED) is 0.428. The number of hydrogen-bond acceptors (Lipinski definition) is 3. The van der Waals surface area contributed by atoms with Gasteiger partial charge in [-0.25, -0.2) is 4.79 Å². The lowest BCUT2D eigenvalue weighted by molar-refractivity contribution is -0.142. The minimum atomic E-state index is -1.24. The number of carbonyl (C=O) groups excluding carboxylic acids is 1. The number of amides is 1. The van der Waals surface area contributed by atoms with E-state index in [1.54, 1.807) is 0 Å². The zero-order valence-corrected chi connectivity index (χ0v) is 5.50. The van der Waals surface area contributed by atoms with Gasteiger partial charge in [0.05, 0.1) is 6.61 Å². The number of carbonyl (C=O) groups is 2. The van der Waals surface area contributed by atoms with Crippen molar-refractivity contribution in [3.8, 4) is 0 Å². The van der Waals surface area contributed by atoms with Crippen LogP contribution in [0.25, 0.3) is 0 Å². The predicted octanol–water partition coefficient (Wildman–Crippen LogP) is -1.43. The smallest absolute Gasteiger partial charge is 0.328 e. The maximum Gasteiger partial charge on any atom is 0.328 e. The topological polar surface area (TPSA) is 86.6 Å². The number of carboxylic acids is 1. The van der Waals surface area contributed by atoms with Crippen LogP contribution in [0.2, 0.25) is 0 Å². The minimum absolute atomic E-state index is 0.471. The first kappa shape index (κ1) is 8.90. The van der Waals surface area contributed by atoms with Gasteiger partial charge in [-0.2, -0.15) is 0 Å². The molecule has 0 aromatic carbocycles. The van der Waals surface area contributed by atoms with E-state index in [1.165, 1.54) is 6.92 Å². The van der Waals surface area contributed by atoms with Crippen molar-refractivity contribution in [2.24, 2.45) is 0 Å². The molecule has 0 aliphatic carbocycles. The Labute approximate surface area is 57.7 Å². The number of nitrogens with one attached hydrogen (secondary N) is 1. The highest BCUT2D eigenvalue weighted by atomic mass is 16.4. The Balaban J connectivity index is 3.83. The third kappa shape index (κ3) is 3.03. The molecule has 5 heteroatoms. The number of rotatable bonds is 3. The molecule has 0 aliphatic heterocycles. The molecule has 0 spiro atoms. The Morgan fingerprint density at radius 1 is 1.60 bits per heavy atom. The first-order chi connectivity index (χ1) is 4.57. The third-order valence-corrected chi connectivity index (χ3v) is 0.858. The van der Waals surface area contributed by atoms with Gasteiger partial charge >= 0.3 is 5.97 Å². The number of aliphatic carboxylic acids is 1. The van der Waals surface area contributed by atoms with Crippen molar-refractivity contribution >= 4 is 11.9 Å². The number of aliphatic hydroxyl groups excluding tert-OH is 1. The molecule has 10 heavy (non-hydrogen) atoms. The lowest BCUT2D eigenvalue weighted by Crippen LogP contribution is -2.42. The molecule has 0 fully saturated rings. The Morgan fingerprint density at radius 3 is 2.20 bits per heavy atom. The van der Waals surface area contributed by atoms with Crippen molar-refractivity contribution in [2.45, 2.75) is 13.0 Å². The molecule has 0 aliphatic rings. The van der Waals surface area contributed by atoms with Gasteiger partial charge in [-0.3, -0.25) is 4.79 Å². The van der Waals surface area contributed by atoms with Crippen molar-refractivity contribution < 1.29 is 19.8 Å². The maximum absolute atomic E-state index is 10.2. The fourth-order valence-electron chi connectivity index (χ4n) is 0.431. The van der Waals surface area contributed by atoms with Gasteiger partial charge in [0.25, 0.3) is 0 Å². The van der Waals surface area contributed by atoms with Gasteiger partial charge in [-0.1, -0.05) is 0 Å². The summed E-state index contributed by atoms with van der Waals surface area (Å²) in [6.07, 6.45) is 0. The number of hydrogen-bond donors (Lipinski definition) is 3. The van der Waals surface area contributed by atoms with Gasteiger partial charge in [0.2, 0.25) is 5.91 Å². The van der Waals surface area contributed by atoms with E-state index in [0.29, 0.717) is 0 Å². The molecule has 1 amide bonds. The van der Waals surface area contributed by atoms with Crippen LogP contribution in [-0.2, 0) is 9.59 Å². The zero-order valence-electron chi connectivity index (χ0n) is 5.50. The zero-order chi connectivity index (χ0) is 8.15. The van der Waals surface area contributed by atoms with Crippen molar-refractivity contribution in [2.75, 3.05) is 6.61 Å². The van der Waals surface area contributed by atoms with Crippen LogP contribution in [0.5, 0.6) is 0 Å². The fraction of sp³-hybridized carbons (Fsp3) is 0.600. The molecule has 1 unspecified atom stereocenters. The summed E-state index contributed by atoms with van der Waals surface area (Å²) in [4.78, 5) is 20.3. The number of aliphatic hydroxyl groups is 1. The molecule has 0 rings (SSSR count). The van der Waals surface area contributed by atoms with E-state index >= 15 is 0 Å². The highest BCUT2D eigenvalue weighted by molar-refractivity contribution is 5.82. The van der Waals surface area contributed by atoms with Crippen LogP contribution in [0.3, 0.4) is 0 Å². The van der Waals surface area contributed by atoms with Crippen LogP contribution in [0.4, 0.5) is 0 Å². The molecular weight excluding hydrogens is 139 g/mol. The van der Waals surface area contributed by atoms with Crippen molar-refractivity contribution in [3.05, 3.63) is 0 Å². The van der Waals surface area contributed by atoms with Crippen LogP contribution in [0, 0.1) is 0 Å². The van der Waals surface area contributed by atoms with Crippen molar-refractivity contribution in [3.63, 3.8) is 0 Å². The molecule has 58 valence electrons. The van der Waals surface area contributed by atoms with E-state index in [9.17, 15) is 9.59 Å².